The van der Waals surface area contributed by atoms with Gasteiger partial charge in [-0.3, -0.25) is 4.79 Å². The highest BCUT2D eigenvalue weighted by Crippen LogP contribution is 2.24. The summed E-state index contributed by atoms with van der Waals surface area (Å²) in [7, 11) is 1.56. The molecule has 0 saturated carbocycles. The standard InChI is InChI=1S/C17H23N5O4/c1-21-9-14(23)22(16(21)25)13-5-2-4-12(8-13)20-15(24)19-11-17(26)6-3-7-18-10-17/h2,4-5,8,18,26H,3,6-7,9-11H2,1H3,(H2,19,20,24)/t17-/m1/s1. The van der Waals surface area contributed by atoms with Gasteiger partial charge in [0.05, 0.1) is 11.3 Å². The molecule has 9 nitrogen and oxygen atoms in total. The number of rotatable bonds is 4. The second-order valence-corrected chi connectivity index (χ2v) is 6.73. The fourth-order valence-corrected chi connectivity index (χ4v) is 3.12. The van der Waals surface area contributed by atoms with E-state index in [-0.39, 0.29) is 19.0 Å². The number of aliphatic hydroxyl groups is 1. The third kappa shape index (κ3) is 3.94. The van der Waals surface area contributed by atoms with Gasteiger partial charge in [0.15, 0.2) is 0 Å². The van der Waals surface area contributed by atoms with Gasteiger partial charge in [-0.15, -0.1) is 0 Å². The smallest absolute Gasteiger partial charge is 0.331 e. The van der Waals surface area contributed by atoms with E-state index >= 15 is 0 Å². The number of piperidine rings is 1. The van der Waals surface area contributed by atoms with Crippen molar-refractivity contribution in [2.75, 3.05) is 43.4 Å². The molecule has 0 unspecified atom stereocenters. The van der Waals surface area contributed by atoms with E-state index in [1.165, 1.54) is 4.90 Å². The lowest BCUT2D eigenvalue weighted by atomic mass is 9.94. The Kier molecular flexibility index (Phi) is 5.10. The highest BCUT2D eigenvalue weighted by Gasteiger charge is 2.35. The normalized spacial score (nSPS) is 23.3. The first-order chi connectivity index (χ1) is 12.4. The van der Waals surface area contributed by atoms with Crippen LogP contribution in [-0.2, 0) is 4.79 Å². The van der Waals surface area contributed by atoms with Crippen molar-refractivity contribution in [1.29, 1.82) is 0 Å². The molecular formula is C17H23N5O4. The highest BCUT2D eigenvalue weighted by atomic mass is 16.3. The van der Waals surface area contributed by atoms with Gasteiger partial charge < -0.3 is 26.0 Å². The van der Waals surface area contributed by atoms with Crippen LogP contribution in [0.3, 0.4) is 0 Å². The predicted molar refractivity (Wildman–Crippen MR) is 96.0 cm³/mol. The third-order valence-corrected chi connectivity index (χ3v) is 4.53. The van der Waals surface area contributed by atoms with E-state index in [2.05, 4.69) is 16.0 Å². The van der Waals surface area contributed by atoms with Gasteiger partial charge in [0.1, 0.15) is 6.54 Å². The first-order valence-electron chi connectivity index (χ1n) is 8.54. The molecule has 2 aliphatic rings. The van der Waals surface area contributed by atoms with Crippen LogP contribution in [0.1, 0.15) is 12.8 Å². The molecule has 2 saturated heterocycles. The highest BCUT2D eigenvalue weighted by molar-refractivity contribution is 6.19. The number of amides is 5. The zero-order chi connectivity index (χ0) is 18.7. The summed E-state index contributed by atoms with van der Waals surface area (Å²) < 4.78 is 0. The van der Waals surface area contributed by atoms with E-state index in [9.17, 15) is 19.5 Å². The molecule has 4 N–H and O–H groups in total. The van der Waals surface area contributed by atoms with E-state index in [1.807, 2.05) is 0 Å². The van der Waals surface area contributed by atoms with E-state index in [0.717, 1.165) is 17.9 Å². The number of nitrogens with zero attached hydrogens (tertiary/aromatic N) is 2. The summed E-state index contributed by atoms with van der Waals surface area (Å²) in [5.41, 5.74) is -0.0997. The van der Waals surface area contributed by atoms with Gasteiger partial charge in [-0.05, 0) is 37.6 Å². The van der Waals surface area contributed by atoms with Crippen LogP contribution in [0.2, 0.25) is 0 Å². The molecule has 0 aromatic heterocycles. The fraction of sp³-hybridized carbons (Fsp3) is 0.471. The fourth-order valence-electron chi connectivity index (χ4n) is 3.12. The maximum absolute atomic E-state index is 12.1. The summed E-state index contributed by atoms with van der Waals surface area (Å²) in [6.45, 7) is 1.48. The van der Waals surface area contributed by atoms with E-state index < -0.39 is 17.7 Å². The first-order valence-corrected chi connectivity index (χ1v) is 8.54. The summed E-state index contributed by atoms with van der Waals surface area (Å²) in [6, 6.07) is 5.65. The molecule has 1 atom stereocenters. The number of likely N-dealkylation sites (N-methyl/N-ethyl adjacent to an activating group) is 1. The Morgan fingerprint density at radius 3 is 2.85 bits per heavy atom. The number of carbonyl (C=O) groups excluding carboxylic acids is 3. The second kappa shape index (κ2) is 7.30. The molecule has 1 aromatic rings. The maximum atomic E-state index is 12.1. The summed E-state index contributed by atoms with van der Waals surface area (Å²) >= 11 is 0. The quantitative estimate of drug-likeness (QED) is 0.577. The lowest BCUT2D eigenvalue weighted by Gasteiger charge is -2.32. The van der Waals surface area contributed by atoms with Gasteiger partial charge in [0, 0.05) is 25.8 Å². The second-order valence-electron chi connectivity index (χ2n) is 6.73. The molecule has 0 spiro atoms. The van der Waals surface area contributed by atoms with Crippen LogP contribution in [0.15, 0.2) is 24.3 Å². The predicted octanol–water partition coefficient (Wildman–Crippen LogP) is 0.321. The van der Waals surface area contributed by atoms with Crippen LogP contribution in [0.4, 0.5) is 21.0 Å². The summed E-state index contributed by atoms with van der Waals surface area (Å²) in [5.74, 6) is -0.314. The zero-order valence-corrected chi connectivity index (χ0v) is 14.6. The molecule has 2 fully saturated rings. The molecule has 0 bridgehead atoms. The van der Waals surface area contributed by atoms with Gasteiger partial charge in [-0.25, -0.2) is 14.5 Å². The number of benzene rings is 1. The van der Waals surface area contributed by atoms with Crippen LogP contribution in [0.25, 0.3) is 0 Å². The lowest BCUT2D eigenvalue weighted by molar-refractivity contribution is -0.116. The SMILES string of the molecule is CN1CC(=O)N(c2cccc(NC(=O)NC[C@@]3(O)CCCNC3)c2)C1=O. The molecular weight excluding hydrogens is 338 g/mol. The minimum absolute atomic E-state index is 0.0313. The maximum Gasteiger partial charge on any atom is 0.331 e. The Hall–Kier alpha value is -2.65. The Bertz CT molecular complexity index is 717. The minimum atomic E-state index is -0.948. The Morgan fingerprint density at radius 2 is 2.19 bits per heavy atom. The van der Waals surface area contributed by atoms with Crippen molar-refractivity contribution in [3.63, 3.8) is 0 Å². The van der Waals surface area contributed by atoms with Crippen molar-refractivity contribution in [2.24, 2.45) is 0 Å². The van der Waals surface area contributed by atoms with Gasteiger partial charge in [-0.2, -0.15) is 0 Å². The molecule has 140 valence electrons. The van der Waals surface area contributed by atoms with Gasteiger partial charge >= 0.3 is 12.1 Å². The number of hydrogen-bond donors (Lipinski definition) is 4. The van der Waals surface area contributed by atoms with Crippen LogP contribution < -0.4 is 20.9 Å². The van der Waals surface area contributed by atoms with Gasteiger partial charge in [-0.1, -0.05) is 6.07 Å². The molecule has 26 heavy (non-hydrogen) atoms. The van der Waals surface area contributed by atoms with Crippen LogP contribution in [0, 0.1) is 0 Å². The average Bonchev–Trinajstić information content (AvgIpc) is 2.86. The number of urea groups is 2. The molecule has 2 heterocycles. The molecule has 9 heteroatoms. The number of β-amino-alcohol motifs (C(OH)–C–C–N with tert-alkyl or cyclic N) is 1. The first kappa shape index (κ1) is 18.2. The minimum Gasteiger partial charge on any atom is -0.387 e. The van der Waals surface area contributed by atoms with Crippen molar-refractivity contribution in [1.82, 2.24) is 15.5 Å². The van der Waals surface area contributed by atoms with Crippen molar-refractivity contribution < 1.29 is 19.5 Å². The molecule has 2 aliphatic heterocycles. The Morgan fingerprint density at radius 1 is 1.38 bits per heavy atom. The monoisotopic (exact) mass is 361 g/mol. The van der Waals surface area contributed by atoms with Crippen molar-refractivity contribution in [3.05, 3.63) is 24.3 Å². The van der Waals surface area contributed by atoms with Crippen molar-refractivity contribution in [3.8, 4) is 0 Å². The van der Waals surface area contributed by atoms with Gasteiger partial charge in [0.25, 0.3) is 5.91 Å². The molecule has 0 radical (unpaired) electrons. The summed E-state index contributed by atoms with van der Waals surface area (Å²) in [6.07, 6.45) is 1.48. The Balaban J connectivity index is 1.61. The summed E-state index contributed by atoms with van der Waals surface area (Å²) in [5, 5.41) is 18.8. The van der Waals surface area contributed by atoms with E-state index in [4.69, 9.17) is 0 Å². The molecule has 1 aromatic carbocycles. The van der Waals surface area contributed by atoms with Crippen molar-refractivity contribution >= 4 is 29.3 Å². The number of anilines is 2. The number of nitrogens with one attached hydrogen (secondary N) is 3. The lowest BCUT2D eigenvalue weighted by Crippen LogP contribution is -2.53. The molecule has 3 rings (SSSR count). The van der Waals surface area contributed by atoms with Crippen molar-refractivity contribution in [2.45, 2.75) is 18.4 Å². The largest absolute Gasteiger partial charge is 0.387 e. The van der Waals surface area contributed by atoms with Crippen LogP contribution in [-0.4, -0.2) is 66.8 Å². The van der Waals surface area contributed by atoms with E-state index in [0.29, 0.717) is 24.3 Å². The summed E-state index contributed by atoms with van der Waals surface area (Å²) in [4.78, 5) is 38.5. The van der Waals surface area contributed by atoms with Gasteiger partial charge in [0.2, 0.25) is 0 Å². The molecule has 5 amide bonds. The molecule has 0 aliphatic carbocycles. The number of imide groups is 1. The van der Waals surface area contributed by atoms with Crippen LogP contribution >= 0.6 is 0 Å². The number of carbonyl (C=O) groups is 3. The number of hydrogen-bond acceptors (Lipinski definition) is 5. The zero-order valence-electron chi connectivity index (χ0n) is 14.6. The average molecular weight is 361 g/mol. The van der Waals surface area contributed by atoms with E-state index in [1.54, 1.807) is 31.3 Å². The third-order valence-electron chi connectivity index (χ3n) is 4.53. The Labute approximate surface area is 151 Å². The van der Waals surface area contributed by atoms with Crippen LogP contribution in [0.5, 0.6) is 0 Å². The topological polar surface area (TPSA) is 114 Å².